The topological polar surface area (TPSA) is 62.2 Å². The van der Waals surface area contributed by atoms with Crippen molar-refractivity contribution in [2.75, 3.05) is 0 Å². The first-order valence-electron chi connectivity index (χ1n) is 7.08. The molecule has 1 aromatic heterocycles. The molecule has 0 saturated carbocycles. The number of nitrogens with one attached hydrogen (secondary N) is 1. The summed E-state index contributed by atoms with van der Waals surface area (Å²) in [6, 6.07) is 3.15. The second kappa shape index (κ2) is 8.34. The Balaban J connectivity index is 2.53. The minimum Gasteiger partial charge on any atom is -0.465 e. The first-order chi connectivity index (χ1) is 11.5. The Labute approximate surface area is 150 Å². The molecule has 0 bridgehead atoms. The Morgan fingerprint density at radius 2 is 2.25 bits per heavy atom. The van der Waals surface area contributed by atoms with E-state index in [2.05, 4.69) is 32.8 Å². The van der Waals surface area contributed by atoms with Crippen LogP contribution in [0.25, 0.3) is 0 Å². The fourth-order valence-electron chi connectivity index (χ4n) is 2.53. The van der Waals surface area contributed by atoms with Gasteiger partial charge in [-0.25, -0.2) is 18.6 Å². The first kappa shape index (κ1) is 18.5. The number of aromatic nitrogens is 1. The monoisotopic (exact) mass is 416 g/mol. The largest absolute Gasteiger partial charge is 0.465 e. The third kappa shape index (κ3) is 4.18. The van der Waals surface area contributed by atoms with Gasteiger partial charge in [0.25, 0.3) is 0 Å². The van der Waals surface area contributed by atoms with E-state index in [1.165, 1.54) is 23.5 Å². The van der Waals surface area contributed by atoms with E-state index < -0.39 is 29.7 Å². The highest BCUT2D eigenvalue weighted by atomic mass is 79.9. The summed E-state index contributed by atoms with van der Waals surface area (Å²) in [5.74, 6) is -2.54. The molecule has 8 heteroatoms. The zero-order valence-electron chi connectivity index (χ0n) is 12.5. The SMILES string of the molecule is C=CCC[C@H](c1cccc(F)c1F)[C@H](NC(=O)O)c1scnc1Br. The third-order valence-electron chi connectivity index (χ3n) is 3.58. The summed E-state index contributed by atoms with van der Waals surface area (Å²) < 4.78 is 28.5. The minimum atomic E-state index is -1.25. The van der Waals surface area contributed by atoms with Crippen molar-refractivity contribution in [1.29, 1.82) is 0 Å². The molecule has 2 N–H and O–H groups in total. The lowest BCUT2D eigenvalue weighted by Gasteiger charge is -2.27. The summed E-state index contributed by atoms with van der Waals surface area (Å²) in [4.78, 5) is 15.9. The number of hydrogen-bond acceptors (Lipinski definition) is 3. The van der Waals surface area contributed by atoms with Crippen LogP contribution in [0.2, 0.25) is 0 Å². The number of amides is 1. The summed E-state index contributed by atoms with van der Waals surface area (Å²) in [5.41, 5.74) is 1.68. The number of nitrogens with zero attached hydrogens (tertiary/aromatic N) is 1. The quantitative estimate of drug-likeness (QED) is 0.606. The molecule has 24 heavy (non-hydrogen) atoms. The smallest absolute Gasteiger partial charge is 0.405 e. The highest BCUT2D eigenvalue weighted by Crippen LogP contribution is 2.40. The zero-order chi connectivity index (χ0) is 17.7. The van der Waals surface area contributed by atoms with Crippen LogP contribution in [0.4, 0.5) is 13.6 Å². The molecule has 0 saturated heterocycles. The van der Waals surface area contributed by atoms with Crippen molar-refractivity contribution >= 4 is 33.4 Å². The van der Waals surface area contributed by atoms with Crippen molar-refractivity contribution in [3.05, 3.63) is 63.0 Å². The van der Waals surface area contributed by atoms with Crippen LogP contribution in [-0.2, 0) is 0 Å². The average molecular weight is 417 g/mol. The normalized spacial score (nSPS) is 13.3. The van der Waals surface area contributed by atoms with Crippen LogP contribution < -0.4 is 5.32 Å². The number of rotatable bonds is 7. The number of allylic oxidation sites excluding steroid dienone is 1. The summed E-state index contributed by atoms with van der Waals surface area (Å²) in [7, 11) is 0. The number of carboxylic acid groups (broad SMARTS) is 1. The van der Waals surface area contributed by atoms with Crippen molar-refractivity contribution in [2.24, 2.45) is 0 Å². The molecule has 1 heterocycles. The first-order valence-corrected chi connectivity index (χ1v) is 8.76. The molecule has 2 aromatic rings. The van der Waals surface area contributed by atoms with Crippen molar-refractivity contribution in [3.8, 4) is 0 Å². The second-order valence-electron chi connectivity index (χ2n) is 5.05. The minimum absolute atomic E-state index is 0.121. The highest BCUT2D eigenvalue weighted by Gasteiger charge is 2.31. The molecule has 2 rings (SSSR count). The van der Waals surface area contributed by atoms with E-state index >= 15 is 0 Å². The summed E-state index contributed by atoms with van der Waals surface area (Å²) in [6.45, 7) is 3.64. The highest BCUT2D eigenvalue weighted by molar-refractivity contribution is 9.10. The lowest BCUT2D eigenvalue weighted by atomic mass is 9.86. The Hall–Kier alpha value is -1.80. The Morgan fingerprint density at radius 1 is 1.50 bits per heavy atom. The van der Waals surface area contributed by atoms with E-state index in [4.69, 9.17) is 0 Å². The molecule has 1 aromatic carbocycles. The van der Waals surface area contributed by atoms with E-state index in [-0.39, 0.29) is 5.56 Å². The average Bonchev–Trinajstić information content (AvgIpc) is 2.95. The number of halogens is 3. The molecule has 128 valence electrons. The Bertz CT molecular complexity index is 739. The number of hydrogen-bond donors (Lipinski definition) is 2. The van der Waals surface area contributed by atoms with Gasteiger partial charge in [0.2, 0.25) is 0 Å². The van der Waals surface area contributed by atoms with Crippen LogP contribution in [0.15, 0.2) is 41.0 Å². The summed E-state index contributed by atoms with van der Waals surface area (Å²) in [6.07, 6.45) is 1.33. The van der Waals surface area contributed by atoms with Gasteiger partial charge in [-0.3, -0.25) is 0 Å². The van der Waals surface area contributed by atoms with Crippen LogP contribution >= 0.6 is 27.3 Å². The van der Waals surface area contributed by atoms with Gasteiger partial charge in [-0.1, -0.05) is 18.2 Å². The van der Waals surface area contributed by atoms with Gasteiger partial charge in [0, 0.05) is 5.92 Å². The molecule has 0 aliphatic rings. The maximum atomic E-state index is 14.3. The molecule has 0 fully saturated rings. The maximum absolute atomic E-state index is 14.3. The van der Waals surface area contributed by atoms with Crippen LogP contribution in [0.1, 0.15) is 35.2 Å². The van der Waals surface area contributed by atoms with Gasteiger partial charge in [-0.15, -0.1) is 17.9 Å². The van der Waals surface area contributed by atoms with Gasteiger partial charge in [0.1, 0.15) is 4.60 Å². The van der Waals surface area contributed by atoms with Crippen LogP contribution in [0.5, 0.6) is 0 Å². The fraction of sp³-hybridized carbons (Fsp3) is 0.250. The molecule has 4 nitrogen and oxygen atoms in total. The standard InChI is InChI=1S/C16H15BrF2N2O2S/c1-2-3-5-10(9-6-4-7-11(18)12(9)19)13(21-16(22)23)14-15(17)20-8-24-14/h2,4,6-8,10,13,21H,1,3,5H2,(H,22,23)/t10-,13+/m1/s1. The molecular formula is C16H15BrF2N2O2S. The van der Waals surface area contributed by atoms with E-state index in [1.807, 2.05) is 0 Å². The van der Waals surface area contributed by atoms with Crippen LogP contribution in [0.3, 0.4) is 0 Å². The molecule has 0 radical (unpaired) electrons. The number of thiazole rings is 1. The predicted molar refractivity (Wildman–Crippen MR) is 92.2 cm³/mol. The van der Waals surface area contributed by atoms with Gasteiger partial charge in [-0.2, -0.15) is 0 Å². The zero-order valence-corrected chi connectivity index (χ0v) is 14.9. The predicted octanol–water partition coefficient (Wildman–Crippen LogP) is 5.24. The molecule has 0 unspecified atom stereocenters. The van der Waals surface area contributed by atoms with E-state index in [0.717, 1.165) is 6.07 Å². The maximum Gasteiger partial charge on any atom is 0.405 e. The van der Waals surface area contributed by atoms with Crippen molar-refractivity contribution < 1.29 is 18.7 Å². The third-order valence-corrected chi connectivity index (χ3v) is 5.38. The van der Waals surface area contributed by atoms with Gasteiger partial charge in [0.05, 0.1) is 16.4 Å². The van der Waals surface area contributed by atoms with Crippen molar-refractivity contribution in [3.63, 3.8) is 0 Å². The Kier molecular flexibility index (Phi) is 6.44. The molecule has 0 spiro atoms. The molecule has 1 amide bonds. The molecule has 0 aliphatic heterocycles. The van der Waals surface area contributed by atoms with Gasteiger partial charge >= 0.3 is 6.09 Å². The van der Waals surface area contributed by atoms with E-state index in [0.29, 0.717) is 22.3 Å². The van der Waals surface area contributed by atoms with Crippen molar-refractivity contribution in [2.45, 2.75) is 24.8 Å². The van der Waals surface area contributed by atoms with Gasteiger partial charge < -0.3 is 10.4 Å². The van der Waals surface area contributed by atoms with E-state index in [9.17, 15) is 18.7 Å². The fourth-order valence-corrected chi connectivity index (χ4v) is 4.09. The second-order valence-corrected chi connectivity index (χ2v) is 6.69. The summed E-state index contributed by atoms with van der Waals surface area (Å²) >= 11 is 4.52. The van der Waals surface area contributed by atoms with Gasteiger partial charge in [0.15, 0.2) is 11.6 Å². The van der Waals surface area contributed by atoms with E-state index in [1.54, 1.807) is 11.6 Å². The summed E-state index contributed by atoms with van der Waals surface area (Å²) in [5, 5.41) is 11.6. The molecule has 0 aliphatic carbocycles. The van der Waals surface area contributed by atoms with Crippen molar-refractivity contribution in [1.82, 2.24) is 10.3 Å². The lowest BCUT2D eigenvalue weighted by Crippen LogP contribution is -2.31. The van der Waals surface area contributed by atoms with Gasteiger partial charge in [-0.05, 0) is 40.4 Å². The van der Waals surface area contributed by atoms with Crippen LogP contribution in [-0.4, -0.2) is 16.2 Å². The lowest BCUT2D eigenvalue weighted by molar-refractivity contribution is 0.187. The number of carbonyl (C=O) groups is 1. The van der Waals surface area contributed by atoms with Crippen LogP contribution in [0, 0.1) is 11.6 Å². The molecule has 2 atom stereocenters. The Morgan fingerprint density at radius 3 is 2.83 bits per heavy atom. The number of benzene rings is 1. The molecular weight excluding hydrogens is 402 g/mol.